The van der Waals surface area contributed by atoms with Gasteiger partial charge in [0.15, 0.2) is 11.3 Å². The van der Waals surface area contributed by atoms with E-state index in [4.69, 9.17) is 30.9 Å². The number of anilines is 4. The number of carbonyl (C=O) groups is 2. The Morgan fingerprint density at radius 3 is 1.84 bits per heavy atom. The highest BCUT2D eigenvalue weighted by Crippen LogP contribution is 2.33. The molecular formula is C34H51BrN12O4. The van der Waals surface area contributed by atoms with Gasteiger partial charge in [-0.2, -0.15) is 19.2 Å². The minimum atomic E-state index is -0.509. The molecule has 2 fully saturated rings. The molecule has 4 aromatic heterocycles. The van der Waals surface area contributed by atoms with E-state index in [0.717, 1.165) is 72.8 Å². The molecule has 0 saturated carbocycles. The van der Waals surface area contributed by atoms with Gasteiger partial charge in [0.2, 0.25) is 0 Å². The van der Waals surface area contributed by atoms with Gasteiger partial charge in [0, 0.05) is 43.4 Å². The number of nitrogens with one attached hydrogen (secondary N) is 2. The van der Waals surface area contributed by atoms with Gasteiger partial charge in [-0.15, -0.1) is 0 Å². The number of aryl methyl sites for hydroxylation is 2. The zero-order chi connectivity index (χ0) is 37.2. The van der Waals surface area contributed by atoms with Crippen molar-refractivity contribution in [3.63, 3.8) is 0 Å². The number of nitrogen functional groups attached to an aromatic ring is 2. The van der Waals surface area contributed by atoms with Crippen molar-refractivity contribution in [1.82, 2.24) is 39.8 Å². The van der Waals surface area contributed by atoms with E-state index in [1.54, 1.807) is 21.4 Å². The number of rotatable bonds is 6. The Balaban J connectivity index is 0.000000198. The Bertz CT molecular complexity index is 1880. The van der Waals surface area contributed by atoms with Crippen LogP contribution >= 0.6 is 15.9 Å². The number of nitrogens with two attached hydrogens (primary N) is 2. The zero-order valence-electron chi connectivity index (χ0n) is 30.8. The number of carbonyl (C=O) groups excluding carboxylic acids is 2. The summed E-state index contributed by atoms with van der Waals surface area (Å²) in [7, 11) is 0. The number of hydrogen-bond donors (Lipinski definition) is 4. The number of fused-ring (bicyclic) bond motifs is 2. The van der Waals surface area contributed by atoms with Crippen LogP contribution in [0.25, 0.3) is 11.3 Å². The standard InChI is InChI=1S/C17H25BrN6O2.C17H26N6O2/c1-5-10-8-20-24-13(19)12(18)15(22-14(10)24)23-7-6-11(9-23)21-16(25)26-17(2,3)4;1-5-11-9-19-23-13(18)8-14(21-15(11)23)22-7-6-12(10-22)20-16(24)25-17(2,3)4/h8,11H,5-7,9,19H2,1-4H3,(H,21,25);8-9,12H,5-7,10,18H2,1-4H3,(H,20,24)/t11-;12-/m00/s1. The molecule has 4 aromatic rings. The van der Waals surface area contributed by atoms with Crippen molar-refractivity contribution in [1.29, 1.82) is 0 Å². The third-order valence-electron chi connectivity index (χ3n) is 8.44. The summed E-state index contributed by atoms with van der Waals surface area (Å²) >= 11 is 3.55. The molecule has 0 spiro atoms. The molecule has 278 valence electrons. The first kappa shape index (κ1) is 37.7. The number of hydrogen-bond acceptors (Lipinski definition) is 12. The maximum atomic E-state index is 12.0. The fourth-order valence-electron chi connectivity index (χ4n) is 6.02. The van der Waals surface area contributed by atoms with E-state index in [1.807, 2.05) is 47.6 Å². The van der Waals surface area contributed by atoms with Crippen molar-refractivity contribution >= 4 is 62.7 Å². The number of ether oxygens (including phenoxy) is 2. The molecule has 0 unspecified atom stereocenters. The third kappa shape index (κ3) is 9.04. The van der Waals surface area contributed by atoms with Crippen LogP contribution in [0, 0.1) is 0 Å². The highest BCUT2D eigenvalue weighted by atomic mass is 79.9. The molecule has 2 aliphatic heterocycles. The summed E-state index contributed by atoms with van der Waals surface area (Å²) in [5.41, 5.74) is 15.0. The maximum absolute atomic E-state index is 12.0. The van der Waals surface area contributed by atoms with Gasteiger partial charge in [-0.25, -0.2) is 19.6 Å². The van der Waals surface area contributed by atoms with Crippen molar-refractivity contribution in [2.45, 2.75) is 104 Å². The summed E-state index contributed by atoms with van der Waals surface area (Å²) < 4.78 is 14.7. The Hall–Kier alpha value is -4.54. The quantitative estimate of drug-likeness (QED) is 0.211. The predicted octanol–water partition coefficient (Wildman–Crippen LogP) is 4.72. The first-order chi connectivity index (χ1) is 24.0. The summed E-state index contributed by atoms with van der Waals surface area (Å²) in [6.07, 6.45) is 6.17. The van der Waals surface area contributed by atoms with Gasteiger partial charge < -0.3 is 41.4 Å². The second-order valence-electron chi connectivity index (χ2n) is 14.8. The van der Waals surface area contributed by atoms with E-state index in [1.165, 1.54) is 0 Å². The number of amides is 2. The lowest BCUT2D eigenvalue weighted by atomic mass is 10.2. The summed E-state index contributed by atoms with van der Waals surface area (Å²) in [5, 5.41) is 14.4. The van der Waals surface area contributed by atoms with Crippen molar-refractivity contribution < 1.29 is 19.1 Å². The van der Waals surface area contributed by atoms with E-state index in [0.29, 0.717) is 29.2 Å². The maximum Gasteiger partial charge on any atom is 0.407 e. The smallest absolute Gasteiger partial charge is 0.407 e. The second-order valence-corrected chi connectivity index (χ2v) is 15.6. The summed E-state index contributed by atoms with van der Waals surface area (Å²) in [5.74, 6) is 2.67. The molecule has 0 bridgehead atoms. The Morgan fingerprint density at radius 1 is 0.824 bits per heavy atom. The first-order valence-corrected chi connectivity index (χ1v) is 18.2. The molecule has 6 heterocycles. The van der Waals surface area contributed by atoms with Crippen molar-refractivity contribution in [3.05, 3.63) is 34.1 Å². The molecule has 17 heteroatoms. The zero-order valence-corrected chi connectivity index (χ0v) is 32.4. The molecule has 16 nitrogen and oxygen atoms in total. The minimum Gasteiger partial charge on any atom is -0.444 e. The van der Waals surface area contributed by atoms with Gasteiger partial charge in [0.1, 0.15) is 38.9 Å². The highest BCUT2D eigenvalue weighted by Gasteiger charge is 2.30. The predicted molar refractivity (Wildman–Crippen MR) is 201 cm³/mol. The molecule has 2 atom stereocenters. The fourth-order valence-corrected chi connectivity index (χ4v) is 6.53. The fraction of sp³-hybridized carbons (Fsp3) is 0.588. The topological polar surface area (TPSA) is 196 Å². The number of aromatic nitrogens is 6. The van der Waals surface area contributed by atoms with E-state index < -0.39 is 17.3 Å². The molecule has 2 amide bonds. The molecule has 0 radical (unpaired) electrons. The van der Waals surface area contributed by atoms with Crippen LogP contribution in [0.1, 0.15) is 79.4 Å². The van der Waals surface area contributed by atoms with Gasteiger partial charge in [0.25, 0.3) is 0 Å². The van der Waals surface area contributed by atoms with Crippen LogP contribution in [-0.4, -0.2) is 90.8 Å². The summed E-state index contributed by atoms with van der Waals surface area (Å²) in [6, 6.07) is 1.87. The van der Waals surface area contributed by atoms with Gasteiger partial charge in [-0.05, 0) is 83.2 Å². The van der Waals surface area contributed by atoms with Crippen molar-refractivity contribution in [3.8, 4) is 0 Å². The highest BCUT2D eigenvalue weighted by molar-refractivity contribution is 9.10. The molecule has 0 aromatic carbocycles. The molecule has 6 rings (SSSR count). The van der Waals surface area contributed by atoms with Crippen molar-refractivity contribution in [2.24, 2.45) is 0 Å². The molecule has 2 saturated heterocycles. The Kier molecular flexibility index (Phi) is 11.1. The van der Waals surface area contributed by atoms with E-state index >= 15 is 0 Å². The first-order valence-electron chi connectivity index (χ1n) is 17.4. The monoisotopic (exact) mass is 770 g/mol. The van der Waals surface area contributed by atoms with E-state index in [9.17, 15) is 9.59 Å². The van der Waals surface area contributed by atoms with Gasteiger partial charge in [-0.3, -0.25) is 0 Å². The van der Waals surface area contributed by atoms with Gasteiger partial charge in [0.05, 0.1) is 24.5 Å². The largest absolute Gasteiger partial charge is 0.444 e. The average molecular weight is 772 g/mol. The van der Waals surface area contributed by atoms with Gasteiger partial charge >= 0.3 is 12.2 Å². The van der Waals surface area contributed by atoms with Crippen LogP contribution < -0.4 is 31.9 Å². The third-order valence-corrected chi connectivity index (χ3v) is 9.20. The van der Waals surface area contributed by atoms with Crippen molar-refractivity contribution in [2.75, 3.05) is 47.4 Å². The average Bonchev–Trinajstić information content (AvgIpc) is 3.83. The van der Waals surface area contributed by atoms with Crippen LogP contribution in [0.2, 0.25) is 0 Å². The summed E-state index contributed by atoms with van der Waals surface area (Å²) in [4.78, 5) is 37.7. The Labute approximate surface area is 306 Å². The number of nitrogens with zero attached hydrogens (tertiary/aromatic N) is 8. The Morgan fingerprint density at radius 2 is 1.31 bits per heavy atom. The lowest BCUT2D eigenvalue weighted by Gasteiger charge is -2.23. The lowest BCUT2D eigenvalue weighted by molar-refractivity contribution is 0.0497. The molecule has 0 aliphatic carbocycles. The SMILES string of the molecule is CCc1cnn2c(N)c(Br)c(N3CC[C@H](NC(=O)OC(C)(C)C)C3)nc12.CCc1cnn2c(N)cc(N3CC[C@H](NC(=O)OC(C)(C)C)C3)nc12. The summed E-state index contributed by atoms with van der Waals surface area (Å²) in [6.45, 7) is 18.1. The van der Waals surface area contributed by atoms with Gasteiger partial charge in [-0.1, -0.05) is 13.8 Å². The molecular weight excluding hydrogens is 720 g/mol. The van der Waals surface area contributed by atoms with E-state index in [-0.39, 0.29) is 18.2 Å². The van der Waals surface area contributed by atoms with Crippen LogP contribution in [0.5, 0.6) is 0 Å². The van der Waals surface area contributed by atoms with E-state index in [2.05, 4.69) is 60.4 Å². The van der Waals surface area contributed by atoms with Crippen LogP contribution in [0.4, 0.5) is 32.9 Å². The number of alkyl carbamates (subject to hydrolysis) is 2. The lowest BCUT2D eigenvalue weighted by Crippen LogP contribution is -2.40. The van der Waals surface area contributed by atoms with Crippen LogP contribution in [-0.2, 0) is 22.3 Å². The molecule has 51 heavy (non-hydrogen) atoms. The number of halogens is 1. The van der Waals surface area contributed by atoms with Crippen LogP contribution in [0.15, 0.2) is 22.9 Å². The van der Waals surface area contributed by atoms with Crippen LogP contribution in [0.3, 0.4) is 0 Å². The molecule has 2 aliphatic rings. The normalized spacial score (nSPS) is 17.8. The second kappa shape index (κ2) is 15.0. The molecule has 6 N–H and O–H groups in total. The minimum absolute atomic E-state index is 0.00607.